The molecule has 3 heterocycles. The lowest BCUT2D eigenvalue weighted by Crippen LogP contribution is -2.49. The number of likely N-dealkylation sites (tertiary alicyclic amines) is 1. The lowest BCUT2D eigenvalue weighted by molar-refractivity contribution is -0.131. The summed E-state index contributed by atoms with van der Waals surface area (Å²) < 4.78 is 5.84. The van der Waals surface area contributed by atoms with Gasteiger partial charge in [-0.3, -0.25) is 14.6 Å². The Balaban J connectivity index is 1.33. The van der Waals surface area contributed by atoms with Crippen molar-refractivity contribution in [3.8, 4) is 11.3 Å². The van der Waals surface area contributed by atoms with E-state index in [1.54, 1.807) is 0 Å². The van der Waals surface area contributed by atoms with Gasteiger partial charge in [0.15, 0.2) is 0 Å². The Bertz CT molecular complexity index is 771. The van der Waals surface area contributed by atoms with Gasteiger partial charge in [0.05, 0.1) is 6.54 Å². The van der Waals surface area contributed by atoms with Crippen molar-refractivity contribution in [1.82, 2.24) is 14.7 Å². The van der Waals surface area contributed by atoms with Crippen molar-refractivity contribution in [2.75, 3.05) is 45.8 Å². The van der Waals surface area contributed by atoms with Crippen molar-refractivity contribution in [2.45, 2.75) is 26.3 Å². The Morgan fingerprint density at radius 2 is 1.63 bits per heavy atom. The number of rotatable bonds is 5. The quantitative estimate of drug-likeness (QED) is 0.815. The highest BCUT2D eigenvalue weighted by atomic mass is 16.3. The molecule has 2 fully saturated rings. The first-order valence-electron chi connectivity index (χ1n) is 10.1. The number of carbonyl (C=O) groups is 1. The van der Waals surface area contributed by atoms with Gasteiger partial charge in [0.1, 0.15) is 11.5 Å². The van der Waals surface area contributed by atoms with E-state index in [1.807, 2.05) is 17.9 Å². The third-order valence-electron chi connectivity index (χ3n) is 5.70. The van der Waals surface area contributed by atoms with E-state index in [0.29, 0.717) is 12.5 Å². The number of nitrogens with zero attached hydrogens (tertiary/aromatic N) is 3. The first-order chi connectivity index (χ1) is 13.2. The van der Waals surface area contributed by atoms with E-state index in [4.69, 9.17) is 4.42 Å². The number of amides is 1. The zero-order valence-electron chi connectivity index (χ0n) is 16.2. The van der Waals surface area contributed by atoms with E-state index in [-0.39, 0.29) is 0 Å². The fourth-order valence-corrected chi connectivity index (χ4v) is 4.08. The van der Waals surface area contributed by atoms with Crippen LogP contribution in [0.3, 0.4) is 0 Å². The first kappa shape index (κ1) is 18.3. The molecule has 0 spiro atoms. The van der Waals surface area contributed by atoms with Crippen LogP contribution in [-0.4, -0.2) is 66.4 Å². The summed E-state index contributed by atoms with van der Waals surface area (Å²) in [4.78, 5) is 19.2. The molecule has 0 radical (unpaired) electrons. The number of aryl methyl sites for hydroxylation is 1. The van der Waals surface area contributed by atoms with E-state index >= 15 is 0 Å². The van der Waals surface area contributed by atoms with Gasteiger partial charge in [-0.2, -0.15) is 0 Å². The van der Waals surface area contributed by atoms with Crippen LogP contribution in [0.15, 0.2) is 40.8 Å². The van der Waals surface area contributed by atoms with Gasteiger partial charge >= 0.3 is 0 Å². The summed E-state index contributed by atoms with van der Waals surface area (Å²) in [5.41, 5.74) is 2.48. The number of hydrogen-bond acceptors (Lipinski definition) is 4. The zero-order valence-corrected chi connectivity index (χ0v) is 16.2. The fraction of sp³-hybridized carbons (Fsp3) is 0.500. The Morgan fingerprint density at radius 1 is 0.926 bits per heavy atom. The van der Waals surface area contributed by atoms with Gasteiger partial charge in [-0.05, 0) is 37.5 Å². The van der Waals surface area contributed by atoms with Crippen LogP contribution < -0.4 is 0 Å². The molecule has 4 rings (SSSR count). The zero-order chi connectivity index (χ0) is 18.6. The number of hydrogen-bond donors (Lipinski definition) is 0. The fourth-order valence-electron chi connectivity index (χ4n) is 4.08. The van der Waals surface area contributed by atoms with E-state index in [2.05, 4.69) is 40.1 Å². The Kier molecular flexibility index (Phi) is 5.60. The van der Waals surface area contributed by atoms with Crippen LogP contribution >= 0.6 is 0 Å². The topological polar surface area (TPSA) is 39.9 Å². The summed E-state index contributed by atoms with van der Waals surface area (Å²) in [6, 6.07) is 12.6. The van der Waals surface area contributed by atoms with Gasteiger partial charge in [0, 0.05) is 51.4 Å². The summed E-state index contributed by atoms with van der Waals surface area (Å²) in [6.07, 6.45) is 2.32. The normalized spacial score (nSPS) is 18.9. The molecule has 0 bridgehead atoms. The molecule has 144 valence electrons. The average molecular weight is 367 g/mol. The van der Waals surface area contributed by atoms with Gasteiger partial charge in [0.2, 0.25) is 5.91 Å². The minimum Gasteiger partial charge on any atom is -0.461 e. The van der Waals surface area contributed by atoms with E-state index in [0.717, 1.165) is 70.2 Å². The molecule has 1 aromatic carbocycles. The summed E-state index contributed by atoms with van der Waals surface area (Å²) in [5.74, 6) is 2.19. The van der Waals surface area contributed by atoms with Gasteiger partial charge < -0.3 is 9.32 Å². The minimum atomic E-state index is 0.305. The van der Waals surface area contributed by atoms with E-state index in [9.17, 15) is 4.79 Å². The molecule has 2 aromatic rings. The maximum absolute atomic E-state index is 12.3. The maximum atomic E-state index is 12.3. The molecule has 5 heteroatoms. The third kappa shape index (κ3) is 4.42. The largest absolute Gasteiger partial charge is 0.461 e. The van der Waals surface area contributed by atoms with Gasteiger partial charge in [-0.15, -0.1) is 0 Å². The summed E-state index contributed by atoms with van der Waals surface area (Å²) in [5, 5.41) is 0. The smallest absolute Gasteiger partial charge is 0.236 e. The Labute approximate surface area is 161 Å². The molecule has 2 aliphatic heterocycles. The van der Waals surface area contributed by atoms with Crippen molar-refractivity contribution in [3.05, 3.63) is 47.7 Å². The van der Waals surface area contributed by atoms with Crippen LogP contribution in [-0.2, 0) is 11.3 Å². The van der Waals surface area contributed by atoms with Crippen molar-refractivity contribution >= 4 is 5.91 Å². The molecule has 0 N–H and O–H groups in total. The van der Waals surface area contributed by atoms with Crippen molar-refractivity contribution < 1.29 is 9.21 Å². The highest BCUT2D eigenvalue weighted by Gasteiger charge is 2.23. The first-order valence-corrected chi connectivity index (χ1v) is 10.1. The van der Waals surface area contributed by atoms with Crippen LogP contribution in [0.4, 0.5) is 0 Å². The monoisotopic (exact) mass is 367 g/mol. The third-order valence-corrected chi connectivity index (χ3v) is 5.70. The standard InChI is InChI=1S/C22H29N3O2/c1-18-8-9-21(27-18)20-7-3-2-6-19(20)16-23-12-14-24(15-13-23)17-22(26)25-10-4-5-11-25/h2-3,6-9H,4-5,10-17H2,1H3. The van der Waals surface area contributed by atoms with E-state index in [1.165, 1.54) is 11.1 Å². The lowest BCUT2D eigenvalue weighted by Gasteiger charge is -2.35. The van der Waals surface area contributed by atoms with Crippen LogP contribution in [0.5, 0.6) is 0 Å². The van der Waals surface area contributed by atoms with Crippen molar-refractivity contribution in [3.63, 3.8) is 0 Å². The molecule has 2 aliphatic rings. The lowest BCUT2D eigenvalue weighted by atomic mass is 10.0. The summed E-state index contributed by atoms with van der Waals surface area (Å²) in [7, 11) is 0. The molecular formula is C22H29N3O2. The second-order valence-corrected chi connectivity index (χ2v) is 7.71. The van der Waals surface area contributed by atoms with Gasteiger partial charge in [0.25, 0.3) is 0 Å². The van der Waals surface area contributed by atoms with Crippen LogP contribution in [0, 0.1) is 6.92 Å². The number of benzene rings is 1. The van der Waals surface area contributed by atoms with Crippen LogP contribution in [0.1, 0.15) is 24.2 Å². The second kappa shape index (κ2) is 8.28. The molecule has 5 nitrogen and oxygen atoms in total. The molecule has 27 heavy (non-hydrogen) atoms. The number of piperazine rings is 1. The molecule has 0 unspecified atom stereocenters. The molecule has 1 aromatic heterocycles. The summed E-state index contributed by atoms with van der Waals surface area (Å²) in [6.45, 7) is 9.29. The molecule has 0 aliphatic carbocycles. The minimum absolute atomic E-state index is 0.305. The predicted molar refractivity (Wildman–Crippen MR) is 106 cm³/mol. The average Bonchev–Trinajstić information content (AvgIpc) is 3.36. The molecule has 0 saturated carbocycles. The summed E-state index contributed by atoms with van der Waals surface area (Å²) >= 11 is 0. The number of carbonyl (C=O) groups excluding carboxylic acids is 1. The Hall–Kier alpha value is -2.11. The Morgan fingerprint density at radius 3 is 2.33 bits per heavy atom. The molecular weight excluding hydrogens is 338 g/mol. The second-order valence-electron chi connectivity index (χ2n) is 7.71. The molecule has 1 amide bonds. The SMILES string of the molecule is Cc1ccc(-c2ccccc2CN2CCN(CC(=O)N3CCCC3)CC2)o1. The van der Waals surface area contributed by atoms with Crippen molar-refractivity contribution in [2.24, 2.45) is 0 Å². The van der Waals surface area contributed by atoms with Crippen LogP contribution in [0.25, 0.3) is 11.3 Å². The molecule has 0 atom stereocenters. The highest BCUT2D eigenvalue weighted by Crippen LogP contribution is 2.27. The maximum Gasteiger partial charge on any atom is 0.236 e. The van der Waals surface area contributed by atoms with Crippen LogP contribution in [0.2, 0.25) is 0 Å². The molecule has 2 saturated heterocycles. The van der Waals surface area contributed by atoms with E-state index < -0.39 is 0 Å². The highest BCUT2D eigenvalue weighted by molar-refractivity contribution is 5.78. The van der Waals surface area contributed by atoms with Gasteiger partial charge in [-0.25, -0.2) is 0 Å². The van der Waals surface area contributed by atoms with Gasteiger partial charge in [-0.1, -0.05) is 24.3 Å². The predicted octanol–water partition coefficient (Wildman–Crippen LogP) is 3.00. The van der Waals surface area contributed by atoms with Crippen molar-refractivity contribution in [1.29, 1.82) is 0 Å². The number of furan rings is 1.